The molecule has 0 spiro atoms. The molecule has 1 rings (SSSR count). The average Bonchev–Trinajstić information content (AvgIpc) is 2.62. The fourth-order valence-electron chi connectivity index (χ4n) is 1.74. The number of rotatable bonds is 8. The molecule has 0 fully saturated rings. The van der Waals surface area contributed by atoms with E-state index in [9.17, 15) is 19.2 Å². The van der Waals surface area contributed by atoms with Gasteiger partial charge in [-0.15, -0.1) is 0 Å². The standard InChI is InChI=1S/C18H21NO6/c1-18(2,12-25-15(21)10-9-14(20)24-3)16(22)17(23)19-11-13-7-5-4-6-8-13/h4-10H,11-12H2,1-3H3,(H,19,23)/b10-9+. The maximum atomic E-state index is 12.2. The first-order chi connectivity index (χ1) is 11.8. The molecule has 0 aliphatic heterocycles. The number of ketones is 1. The molecule has 7 heteroatoms. The van der Waals surface area contributed by atoms with Gasteiger partial charge in [-0.25, -0.2) is 9.59 Å². The molecule has 134 valence electrons. The number of nitrogens with one attached hydrogen (secondary N) is 1. The van der Waals surface area contributed by atoms with Crippen molar-refractivity contribution < 1.29 is 28.7 Å². The first kappa shape index (κ1) is 20.1. The molecular weight excluding hydrogens is 326 g/mol. The van der Waals surface area contributed by atoms with Crippen molar-refractivity contribution in [3.8, 4) is 0 Å². The van der Waals surface area contributed by atoms with E-state index in [1.807, 2.05) is 30.3 Å². The number of carbonyl (C=O) groups is 4. The van der Waals surface area contributed by atoms with Gasteiger partial charge in [-0.3, -0.25) is 9.59 Å². The minimum atomic E-state index is -1.20. The van der Waals surface area contributed by atoms with Crippen LogP contribution >= 0.6 is 0 Å². The van der Waals surface area contributed by atoms with Crippen molar-refractivity contribution in [2.45, 2.75) is 20.4 Å². The van der Waals surface area contributed by atoms with Crippen LogP contribution in [0.2, 0.25) is 0 Å². The smallest absolute Gasteiger partial charge is 0.331 e. The second-order valence-corrected chi connectivity index (χ2v) is 5.85. The highest BCUT2D eigenvalue weighted by Gasteiger charge is 2.34. The summed E-state index contributed by atoms with van der Waals surface area (Å²) in [6.07, 6.45) is 1.80. The quantitative estimate of drug-likeness (QED) is 0.431. The Morgan fingerprint density at radius 3 is 2.24 bits per heavy atom. The van der Waals surface area contributed by atoms with Crippen LogP contribution in [0.25, 0.3) is 0 Å². The Bertz CT molecular complexity index is 663. The minimum Gasteiger partial charge on any atom is -0.466 e. The molecule has 1 aromatic carbocycles. The Hall–Kier alpha value is -2.96. The predicted octanol–water partition coefficient (Wildman–Crippen LogP) is 1.17. The van der Waals surface area contributed by atoms with E-state index < -0.39 is 29.0 Å². The lowest BCUT2D eigenvalue weighted by Crippen LogP contribution is -2.42. The van der Waals surface area contributed by atoms with Crippen LogP contribution in [0, 0.1) is 5.41 Å². The molecule has 0 aliphatic carbocycles. The highest BCUT2D eigenvalue weighted by molar-refractivity contribution is 6.38. The normalized spacial score (nSPS) is 11.0. The number of benzene rings is 1. The van der Waals surface area contributed by atoms with Gasteiger partial charge in [-0.2, -0.15) is 0 Å². The Morgan fingerprint density at radius 2 is 1.64 bits per heavy atom. The van der Waals surface area contributed by atoms with Crippen LogP contribution in [0.3, 0.4) is 0 Å². The molecule has 0 saturated heterocycles. The summed E-state index contributed by atoms with van der Waals surface area (Å²) in [6, 6.07) is 9.16. The SMILES string of the molecule is COC(=O)/C=C/C(=O)OCC(C)(C)C(=O)C(=O)NCc1ccccc1. The van der Waals surface area contributed by atoms with Crippen LogP contribution in [-0.2, 0) is 35.2 Å². The van der Waals surface area contributed by atoms with E-state index >= 15 is 0 Å². The summed E-state index contributed by atoms with van der Waals surface area (Å²) in [7, 11) is 1.17. The molecule has 0 aromatic heterocycles. The Morgan fingerprint density at radius 1 is 1.04 bits per heavy atom. The minimum absolute atomic E-state index is 0.225. The first-order valence-corrected chi connectivity index (χ1v) is 7.55. The molecule has 0 bridgehead atoms. The number of hydrogen-bond donors (Lipinski definition) is 1. The topological polar surface area (TPSA) is 98.8 Å². The summed E-state index contributed by atoms with van der Waals surface area (Å²) in [5, 5.41) is 2.54. The molecule has 0 atom stereocenters. The molecule has 0 heterocycles. The molecule has 7 nitrogen and oxygen atoms in total. The largest absolute Gasteiger partial charge is 0.466 e. The van der Waals surface area contributed by atoms with Crippen molar-refractivity contribution in [2.75, 3.05) is 13.7 Å². The third kappa shape index (κ3) is 6.99. The third-order valence-electron chi connectivity index (χ3n) is 3.25. The lowest BCUT2D eigenvalue weighted by atomic mass is 9.88. The van der Waals surface area contributed by atoms with Gasteiger partial charge in [0.25, 0.3) is 5.91 Å². The van der Waals surface area contributed by atoms with Gasteiger partial charge in [0, 0.05) is 18.7 Å². The summed E-state index contributed by atoms with van der Waals surface area (Å²) in [5.74, 6) is -2.97. The summed E-state index contributed by atoms with van der Waals surface area (Å²) in [6.45, 7) is 2.92. The van der Waals surface area contributed by atoms with Crippen LogP contribution in [0.1, 0.15) is 19.4 Å². The molecular formula is C18H21NO6. The number of ether oxygens (including phenoxy) is 2. The van der Waals surface area contributed by atoms with Gasteiger partial charge in [-0.1, -0.05) is 30.3 Å². The van der Waals surface area contributed by atoms with Gasteiger partial charge in [0.05, 0.1) is 12.5 Å². The summed E-state index contributed by atoms with van der Waals surface area (Å²) in [4.78, 5) is 46.6. The average molecular weight is 347 g/mol. The Kier molecular flexibility index (Phi) is 7.52. The third-order valence-corrected chi connectivity index (χ3v) is 3.25. The summed E-state index contributed by atoms with van der Waals surface area (Å²) >= 11 is 0. The van der Waals surface area contributed by atoms with Crippen molar-refractivity contribution in [3.05, 3.63) is 48.0 Å². The zero-order chi connectivity index (χ0) is 18.9. The van der Waals surface area contributed by atoms with E-state index in [0.29, 0.717) is 0 Å². The molecule has 1 N–H and O–H groups in total. The van der Waals surface area contributed by atoms with Gasteiger partial charge < -0.3 is 14.8 Å². The highest BCUT2D eigenvalue weighted by atomic mass is 16.5. The van der Waals surface area contributed by atoms with Gasteiger partial charge in [-0.05, 0) is 19.4 Å². The van der Waals surface area contributed by atoms with Crippen LogP contribution in [0.4, 0.5) is 0 Å². The van der Waals surface area contributed by atoms with Gasteiger partial charge in [0.15, 0.2) is 0 Å². The van der Waals surface area contributed by atoms with E-state index in [1.165, 1.54) is 21.0 Å². The predicted molar refractivity (Wildman–Crippen MR) is 89.2 cm³/mol. The Balaban J connectivity index is 2.51. The maximum Gasteiger partial charge on any atom is 0.331 e. The molecule has 0 radical (unpaired) electrons. The van der Waals surface area contributed by atoms with Crippen LogP contribution < -0.4 is 5.32 Å². The van der Waals surface area contributed by atoms with Crippen molar-refractivity contribution in [2.24, 2.45) is 5.41 Å². The van der Waals surface area contributed by atoms with Crippen LogP contribution in [0.15, 0.2) is 42.5 Å². The van der Waals surface area contributed by atoms with Crippen LogP contribution in [-0.4, -0.2) is 37.3 Å². The fraction of sp³-hybridized carbons (Fsp3) is 0.333. The molecule has 0 saturated carbocycles. The van der Waals surface area contributed by atoms with Crippen molar-refractivity contribution in [1.82, 2.24) is 5.32 Å². The molecule has 25 heavy (non-hydrogen) atoms. The second kappa shape index (κ2) is 9.36. The molecule has 1 aromatic rings. The van der Waals surface area contributed by atoms with E-state index in [2.05, 4.69) is 10.1 Å². The number of methoxy groups -OCH3 is 1. The molecule has 0 unspecified atom stereocenters. The monoisotopic (exact) mass is 347 g/mol. The molecule has 1 amide bonds. The van der Waals surface area contributed by atoms with Crippen molar-refractivity contribution in [3.63, 3.8) is 0 Å². The zero-order valence-electron chi connectivity index (χ0n) is 14.4. The fourth-order valence-corrected chi connectivity index (χ4v) is 1.74. The van der Waals surface area contributed by atoms with Crippen molar-refractivity contribution >= 4 is 23.6 Å². The highest BCUT2D eigenvalue weighted by Crippen LogP contribution is 2.17. The van der Waals surface area contributed by atoms with Crippen LogP contribution in [0.5, 0.6) is 0 Å². The van der Waals surface area contributed by atoms with E-state index in [0.717, 1.165) is 17.7 Å². The van der Waals surface area contributed by atoms with E-state index in [-0.39, 0.29) is 13.2 Å². The van der Waals surface area contributed by atoms with E-state index in [1.54, 1.807) is 0 Å². The summed E-state index contributed by atoms with van der Waals surface area (Å²) < 4.78 is 9.24. The van der Waals surface area contributed by atoms with Gasteiger partial charge >= 0.3 is 11.9 Å². The lowest BCUT2D eigenvalue weighted by molar-refractivity contribution is -0.150. The number of hydrogen-bond acceptors (Lipinski definition) is 6. The number of esters is 2. The lowest BCUT2D eigenvalue weighted by Gasteiger charge is -2.21. The number of carbonyl (C=O) groups excluding carboxylic acids is 4. The number of Topliss-reactive ketones (excluding diaryl/α,β-unsaturated/α-hetero) is 1. The summed E-state index contributed by atoms with van der Waals surface area (Å²) in [5.41, 5.74) is -0.337. The van der Waals surface area contributed by atoms with Crippen molar-refractivity contribution in [1.29, 1.82) is 0 Å². The maximum absolute atomic E-state index is 12.2. The van der Waals surface area contributed by atoms with Gasteiger partial charge in [0.1, 0.15) is 6.61 Å². The zero-order valence-corrected chi connectivity index (χ0v) is 14.4. The van der Waals surface area contributed by atoms with E-state index in [4.69, 9.17) is 4.74 Å². The second-order valence-electron chi connectivity index (χ2n) is 5.85. The number of amides is 1. The first-order valence-electron chi connectivity index (χ1n) is 7.55. The Labute approximate surface area is 146 Å². The molecule has 0 aliphatic rings. The van der Waals surface area contributed by atoms with Gasteiger partial charge in [0.2, 0.25) is 5.78 Å².